The molecule has 2 aromatic carbocycles. The van der Waals surface area contributed by atoms with Crippen LogP contribution < -0.4 is 16.4 Å². The van der Waals surface area contributed by atoms with Crippen molar-refractivity contribution in [2.24, 2.45) is 35.3 Å². The number of hydrogen-bond donors (Lipinski definition) is 3. The number of rotatable bonds is 19. The van der Waals surface area contributed by atoms with E-state index in [1.165, 1.54) is 96.6 Å². The predicted molar refractivity (Wildman–Crippen MR) is 210 cm³/mol. The van der Waals surface area contributed by atoms with E-state index in [4.69, 9.17) is 10.7 Å². The van der Waals surface area contributed by atoms with Gasteiger partial charge in [-0.05, 0) is 127 Å². The Balaban J connectivity index is 1.23. The number of fused-ring (bicyclic) bond motifs is 1. The number of nitrogens with one attached hydrogen (secondary N) is 2. The van der Waals surface area contributed by atoms with Gasteiger partial charge in [0.1, 0.15) is 0 Å². The fourth-order valence-electron chi connectivity index (χ4n) is 8.39. The normalized spacial score (nSPS) is 22.1. The molecule has 1 saturated carbocycles. The fraction of sp³-hybridized carbons (Fsp3) is 0.614. The molecule has 1 aliphatic carbocycles. The minimum Gasteiger partial charge on any atom is -0.401 e. The molecule has 1 heterocycles. The van der Waals surface area contributed by atoms with Crippen LogP contribution in [-0.4, -0.2) is 18.1 Å². The molecular formula is C44H68N4. The number of pyridine rings is 1. The second kappa shape index (κ2) is 19.2. The van der Waals surface area contributed by atoms with E-state index in [1.54, 1.807) is 0 Å². The second-order valence-corrected chi connectivity index (χ2v) is 15.2. The van der Waals surface area contributed by atoms with Gasteiger partial charge in [0.2, 0.25) is 0 Å². The number of unbranched alkanes of at least 4 members (excludes halogenated alkanes) is 5. The highest BCUT2D eigenvalue weighted by Crippen LogP contribution is 2.43. The van der Waals surface area contributed by atoms with Crippen molar-refractivity contribution in [3.05, 3.63) is 71.8 Å². The Bertz CT molecular complexity index is 1420. The molecule has 4 rings (SSSR count). The van der Waals surface area contributed by atoms with Crippen LogP contribution in [0.1, 0.15) is 136 Å². The molecule has 0 amide bonds. The van der Waals surface area contributed by atoms with E-state index in [-0.39, 0.29) is 0 Å². The third-order valence-corrected chi connectivity index (χ3v) is 12.1. The Morgan fingerprint density at radius 3 is 2.40 bits per heavy atom. The first-order chi connectivity index (χ1) is 23.3. The quantitative estimate of drug-likeness (QED) is 0.113. The number of aromatic nitrogens is 1. The molecule has 264 valence electrons. The van der Waals surface area contributed by atoms with Crippen LogP contribution in [0.3, 0.4) is 0 Å². The van der Waals surface area contributed by atoms with Crippen LogP contribution in [0, 0.1) is 36.5 Å². The van der Waals surface area contributed by atoms with Crippen LogP contribution in [0.5, 0.6) is 0 Å². The lowest BCUT2D eigenvalue weighted by atomic mass is 9.63. The van der Waals surface area contributed by atoms with Crippen LogP contribution in [0.2, 0.25) is 0 Å². The van der Waals surface area contributed by atoms with E-state index in [1.807, 2.05) is 6.20 Å². The van der Waals surface area contributed by atoms with E-state index in [2.05, 4.69) is 108 Å². The number of nitrogens with two attached hydrogens (primary N) is 1. The first-order valence-corrected chi connectivity index (χ1v) is 19.7. The van der Waals surface area contributed by atoms with Crippen LogP contribution >= 0.6 is 0 Å². The zero-order valence-corrected chi connectivity index (χ0v) is 31.6. The maximum absolute atomic E-state index is 6.42. The van der Waals surface area contributed by atoms with Gasteiger partial charge in [-0.3, -0.25) is 4.98 Å². The van der Waals surface area contributed by atoms with Crippen molar-refractivity contribution in [3.8, 4) is 11.1 Å². The van der Waals surface area contributed by atoms with Gasteiger partial charge in [0.15, 0.2) is 0 Å². The second-order valence-electron chi connectivity index (χ2n) is 15.2. The van der Waals surface area contributed by atoms with Crippen molar-refractivity contribution in [1.82, 2.24) is 10.3 Å². The summed E-state index contributed by atoms with van der Waals surface area (Å²) in [5.74, 6) is 4.52. The van der Waals surface area contributed by atoms with Crippen LogP contribution in [0.15, 0.2) is 60.6 Å². The number of benzene rings is 2. The molecule has 4 nitrogen and oxygen atoms in total. The van der Waals surface area contributed by atoms with Gasteiger partial charge in [0.05, 0.1) is 0 Å². The fourth-order valence-corrected chi connectivity index (χ4v) is 8.39. The molecule has 0 aliphatic heterocycles. The average Bonchev–Trinajstić information content (AvgIpc) is 3.10. The molecular weight excluding hydrogens is 585 g/mol. The van der Waals surface area contributed by atoms with Gasteiger partial charge in [0, 0.05) is 48.5 Å². The summed E-state index contributed by atoms with van der Waals surface area (Å²) in [4.78, 5) is 4.93. The molecule has 0 spiro atoms. The van der Waals surface area contributed by atoms with E-state index in [0.717, 1.165) is 67.6 Å². The van der Waals surface area contributed by atoms with E-state index >= 15 is 0 Å². The largest absolute Gasteiger partial charge is 0.401 e. The van der Waals surface area contributed by atoms with Gasteiger partial charge >= 0.3 is 0 Å². The lowest BCUT2D eigenvalue weighted by Crippen LogP contribution is -2.39. The van der Waals surface area contributed by atoms with Gasteiger partial charge in [-0.1, -0.05) is 98.3 Å². The molecule has 0 radical (unpaired) electrons. The van der Waals surface area contributed by atoms with E-state index < -0.39 is 0 Å². The van der Waals surface area contributed by atoms with Crippen molar-refractivity contribution in [1.29, 1.82) is 0 Å². The molecule has 4 N–H and O–H groups in total. The number of nitrogens with zero attached hydrogens (tertiary/aromatic N) is 1. The molecule has 6 unspecified atom stereocenters. The zero-order valence-electron chi connectivity index (χ0n) is 31.6. The Hall–Kier alpha value is -3.01. The molecule has 48 heavy (non-hydrogen) atoms. The van der Waals surface area contributed by atoms with Crippen molar-refractivity contribution in [2.75, 3.05) is 18.4 Å². The summed E-state index contributed by atoms with van der Waals surface area (Å²) in [7, 11) is 0. The minimum absolute atomic E-state index is 0.501. The first kappa shape index (κ1) is 37.8. The molecule has 3 aromatic rings. The van der Waals surface area contributed by atoms with Crippen molar-refractivity contribution < 1.29 is 0 Å². The Morgan fingerprint density at radius 1 is 0.875 bits per heavy atom. The maximum Gasteiger partial charge on any atom is 0.0469 e. The van der Waals surface area contributed by atoms with Crippen molar-refractivity contribution >= 4 is 16.5 Å². The van der Waals surface area contributed by atoms with E-state index in [9.17, 15) is 0 Å². The minimum atomic E-state index is 0.501. The molecule has 1 aromatic heterocycles. The SMILES string of the molecule is CCCCCNc1ccc2cc(-c3ccnc(C(CC)CCCCCC/C(N)=C/NCC4CC(CC)C(C)C(C)C4C)c3C)ccc2c1. The number of allylic oxidation sites excluding steroid dienone is 1. The summed E-state index contributed by atoms with van der Waals surface area (Å²) in [6.07, 6.45) is 18.7. The summed E-state index contributed by atoms with van der Waals surface area (Å²) in [5.41, 5.74) is 13.8. The zero-order chi connectivity index (χ0) is 34.5. The standard InChI is InChI=1S/C44H68N4/c1-8-11-16-24-47-42-22-21-37-27-39(20-19-38(37)28-42)43-23-25-48-44(34(43)7)35(9-2)17-14-12-13-15-18-41(45)30-46-29-40-26-36(10-3)32(5)31(4)33(40)6/h19-23,25,27-28,30-33,35-36,40,46-47H,8-18,24,26,29,45H2,1-7H3/b41-30-. The summed E-state index contributed by atoms with van der Waals surface area (Å²) in [6, 6.07) is 15.9. The molecule has 0 bridgehead atoms. The van der Waals surface area contributed by atoms with Crippen molar-refractivity contribution in [3.63, 3.8) is 0 Å². The Labute approximate surface area is 294 Å². The third kappa shape index (κ3) is 10.3. The van der Waals surface area contributed by atoms with Crippen molar-refractivity contribution in [2.45, 2.75) is 131 Å². The summed E-state index contributed by atoms with van der Waals surface area (Å²) >= 11 is 0. The molecule has 1 fully saturated rings. The van der Waals surface area contributed by atoms with E-state index in [0.29, 0.717) is 5.92 Å². The van der Waals surface area contributed by atoms with Gasteiger partial charge in [0.25, 0.3) is 0 Å². The highest BCUT2D eigenvalue weighted by atomic mass is 14.9. The highest BCUT2D eigenvalue weighted by Gasteiger charge is 2.36. The van der Waals surface area contributed by atoms with Gasteiger partial charge in [-0.15, -0.1) is 0 Å². The summed E-state index contributed by atoms with van der Waals surface area (Å²) in [6.45, 7) is 18.7. The smallest absolute Gasteiger partial charge is 0.0469 e. The lowest BCUT2D eigenvalue weighted by molar-refractivity contribution is 0.0660. The Kier molecular flexibility index (Phi) is 15.2. The topological polar surface area (TPSA) is 63.0 Å². The van der Waals surface area contributed by atoms with Crippen LogP contribution in [0.25, 0.3) is 21.9 Å². The first-order valence-electron chi connectivity index (χ1n) is 19.7. The monoisotopic (exact) mass is 653 g/mol. The number of hydrogen-bond acceptors (Lipinski definition) is 4. The molecule has 1 aliphatic rings. The summed E-state index contributed by atoms with van der Waals surface area (Å²) < 4.78 is 0. The average molecular weight is 653 g/mol. The van der Waals surface area contributed by atoms with Crippen LogP contribution in [0.4, 0.5) is 5.69 Å². The maximum atomic E-state index is 6.42. The van der Waals surface area contributed by atoms with Gasteiger partial charge in [-0.25, -0.2) is 0 Å². The predicted octanol–water partition coefficient (Wildman–Crippen LogP) is 12.0. The molecule has 4 heteroatoms. The Morgan fingerprint density at radius 2 is 1.62 bits per heavy atom. The molecule has 0 saturated heterocycles. The highest BCUT2D eigenvalue weighted by molar-refractivity contribution is 5.90. The van der Waals surface area contributed by atoms with Gasteiger partial charge < -0.3 is 16.4 Å². The van der Waals surface area contributed by atoms with Crippen LogP contribution in [-0.2, 0) is 0 Å². The molecule has 6 atom stereocenters. The number of anilines is 1. The van der Waals surface area contributed by atoms with Gasteiger partial charge in [-0.2, -0.15) is 0 Å². The third-order valence-electron chi connectivity index (χ3n) is 12.1. The summed E-state index contributed by atoms with van der Waals surface area (Å²) in [5, 5.41) is 9.77. The lowest BCUT2D eigenvalue weighted by Gasteiger charge is -2.43.